The van der Waals surface area contributed by atoms with Gasteiger partial charge >= 0.3 is 19.4 Å². The molecule has 2 heterocycles. The fourth-order valence-corrected chi connectivity index (χ4v) is 2.70. The van der Waals surface area contributed by atoms with Crippen LogP contribution in [0, 0.1) is 0 Å². The van der Waals surface area contributed by atoms with Gasteiger partial charge in [-0.25, -0.2) is 4.79 Å². The highest BCUT2D eigenvalue weighted by Crippen LogP contribution is 2.27. The van der Waals surface area contributed by atoms with Crippen LogP contribution in [0.15, 0.2) is 6.07 Å². The largest absolute Gasteiger partial charge is 0.513 e. The van der Waals surface area contributed by atoms with Crippen LogP contribution >= 0.6 is 0 Å². The van der Waals surface area contributed by atoms with Crippen molar-refractivity contribution < 1.29 is 32.0 Å². The molecule has 8 nitrogen and oxygen atoms in total. The van der Waals surface area contributed by atoms with Crippen molar-refractivity contribution in [1.82, 2.24) is 20.4 Å². The molecule has 1 aliphatic heterocycles. The van der Waals surface area contributed by atoms with Crippen LogP contribution in [0.4, 0.5) is 18.0 Å². The number of carbonyl (C=O) groups excluding carboxylic acids is 1. The van der Waals surface area contributed by atoms with Crippen molar-refractivity contribution in [3.05, 3.63) is 11.8 Å². The highest BCUT2D eigenvalue weighted by atomic mass is 19.4. The van der Waals surface area contributed by atoms with E-state index in [-0.39, 0.29) is 25.4 Å². The van der Waals surface area contributed by atoms with E-state index in [9.17, 15) is 18.0 Å². The Morgan fingerprint density at radius 1 is 1.24 bits per heavy atom. The smallest absolute Gasteiger partial charge is 0.444 e. The van der Waals surface area contributed by atoms with E-state index in [0.717, 1.165) is 6.07 Å². The molecule has 2 rings (SSSR count). The van der Waals surface area contributed by atoms with Crippen molar-refractivity contribution in [2.75, 3.05) is 26.3 Å². The summed E-state index contributed by atoms with van der Waals surface area (Å²) in [6.45, 7) is 10.1. The Labute approximate surface area is 168 Å². The van der Waals surface area contributed by atoms with E-state index < -0.39 is 36.2 Å². The fourth-order valence-electron chi connectivity index (χ4n) is 2.70. The van der Waals surface area contributed by atoms with Crippen molar-refractivity contribution in [2.45, 2.75) is 58.5 Å². The number of aromatic nitrogens is 2. The van der Waals surface area contributed by atoms with Crippen LogP contribution in [0.3, 0.4) is 0 Å². The Balaban J connectivity index is 2.25. The SMILES string of the molecule is CC(C)(Cn1nc(C(F)(F)F)cc1B1OCCNCCO1)NC(=O)OC(C)(C)C. The van der Waals surface area contributed by atoms with Gasteiger partial charge in [-0.15, -0.1) is 0 Å². The van der Waals surface area contributed by atoms with Gasteiger partial charge in [-0.05, 0) is 40.7 Å². The molecular formula is C17H28BF3N4O4. The first kappa shape index (κ1) is 23.5. The maximum atomic E-state index is 13.3. The average Bonchev–Trinajstić information content (AvgIpc) is 2.87. The van der Waals surface area contributed by atoms with E-state index in [1.807, 2.05) is 0 Å². The van der Waals surface area contributed by atoms with E-state index in [2.05, 4.69) is 15.7 Å². The molecule has 1 saturated heterocycles. The average molecular weight is 420 g/mol. The number of ether oxygens (including phenoxy) is 1. The summed E-state index contributed by atoms with van der Waals surface area (Å²) in [6.07, 6.45) is -5.29. The number of nitrogens with zero attached hydrogens (tertiary/aromatic N) is 2. The summed E-state index contributed by atoms with van der Waals surface area (Å²) < 4.78 is 57.3. The number of amides is 1. The van der Waals surface area contributed by atoms with E-state index >= 15 is 0 Å². The molecule has 0 atom stereocenters. The van der Waals surface area contributed by atoms with Gasteiger partial charge in [-0.3, -0.25) is 4.68 Å². The predicted molar refractivity (Wildman–Crippen MR) is 101 cm³/mol. The van der Waals surface area contributed by atoms with Gasteiger partial charge in [0.1, 0.15) is 5.60 Å². The molecule has 1 aliphatic rings. The van der Waals surface area contributed by atoms with Crippen LogP contribution in [0.25, 0.3) is 0 Å². The molecule has 0 unspecified atom stereocenters. The Morgan fingerprint density at radius 3 is 2.34 bits per heavy atom. The van der Waals surface area contributed by atoms with Gasteiger partial charge in [0.15, 0.2) is 5.69 Å². The predicted octanol–water partition coefficient (Wildman–Crippen LogP) is 1.54. The monoisotopic (exact) mass is 420 g/mol. The minimum Gasteiger partial charge on any atom is -0.444 e. The molecule has 1 fully saturated rings. The van der Waals surface area contributed by atoms with Crippen LogP contribution in [0.5, 0.6) is 0 Å². The standard InChI is InChI=1S/C17H28BF3N4O4/c1-15(2,3)29-14(26)23-16(4,5)11-25-13(10-12(24-25)17(19,20)21)18-27-8-6-22-7-9-28-18/h10,22H,6-9,11H2,1-5H3,(H,23,26). The minimum absolute atomic E-state index is 0.0425. The molecule has 0 spiro atoms. The van der Waals surface area contributed by atoms with Crippen LogP contribution in [-0.2, 0) is 26.8 Å². The third-order valence-corrected chi connectivity index (χ3v) is 3.82. The first-order valence-corrected chi connectivity index (χ1v) is 9.37. The van der Waals surface area contributed by atoms with Gasteiger partial charge in [0.2, 0.25) is 0 Å². The molecule has 0 saturated carbocycles. The second-order valence-corrected chi connectivity index (χ2v) is 8.44. The van der Waals surface area contributed by atoms with Gasteiger partial charge in [-0.1, -0.05) is 0 Å². The number of hydrogen-bond acceptors (Lipinski definition) is 6. The molecule has 1 aromatic heterocycles. The lowest BCUT2D eigenvalue weighted by atomic mass is 9.83. The Kier molecular flexibility index (Phi) is 7.23. The number of rotatable bonds is 4. The van der Waals surface area contributed by atoms with Crippen molar-refractivity contribution in [3.63, 3.8) is 0 Å². The summed E-state index contributed by atoms with van der Waals surface area (Å²) in [5.74, 6) is 0. The Bertz CT molecular complexity index is 696. The van der Waals surface area contributed by atoms with Crippen LogP contribution in [0.1, 0.15) is 40.3 Å². The molecule has 2 N–H and O–H groups in total. The van der Waals surface area contributed by atoms with E-state index in [4.69, 9.17) is 14.0 Å². The maximum Gasteiger partial charge on any atom is 0.513 e. The molecule has 0 aliphatic carbocycles. The molecule has 164 valence electrons. The number of alkyl carbamates (subject to hydrolysis) is 1. The highest BCUT2D eigenvalue weighted by Gasteiger charge is 2.39. The third kappa shape index (κ3) is 7.52. The number of hydrogen-bond donors (Lipinski definition) is 2. The zero-order valence-corrected chi connectivity index (χ0v) is 17.4. The topological polar surface area (TPSA) is 86.6 Å². The number of halogens is 3. The lowest BCUT2D eigenvalue weighted by Gasteiger charge is -2.29. The van der Waals surface area contributed by atoms with Crippen LogP contribution < -0.4 is 16.2 Å². The molecule has 29 heavy (non-hydrogen) atoms. The second kappa shape index (κ2) is 8.92. The van der Waals surface area contributed by atoms with E-state index in [0.29, 0.717) is 13.1 Å². The van der Waals surface area contributed by atoms with Crippen molar-refractivity contribution in [1.29, 1.82) is 0 Å². The van der Waals surface area contributed by atoms with Crippen molar-refractivity contribution in [3.8, 4) is 0 Å². The lowest BCUT2D eigenvalue weighted by molar-refractivity contribution is -0.141. The van der Waals surface area contributed by atoms with E-state index in [1.54, 1.807) is 34.6 Å². The second-order valence-electron chi connectivity index (χ2n) is 8.44. The summed E-state index contributed by atoms with van der Waals surface area (Å²) in [4.78, 5) is 12.1. The number of alkyl halides is 3. The maximum absolute atomic E-state index is 13.3. The normalized spacial score (nSPS) is 16.9. The molecule has 0 radical (unpaired) electrons. The van der Waals surface area contributed by atoms with Gasteiger partial charge < -0.3 is 24.7 Å². The summed E-state index contributed by atoms with van der Waals surface area (Å²) in [7, 11) is -0.988. The number of carbonyl (C=O) groups is 1. The van der Waals surface area contributed by atoms with Crippen molar-refractivity contribution in [2.24, 2.45) is 0 Å². The Morgan fingerprint density at radius 2 is 1.83 bits per heavy atom. The van der Waals surface area contributed by atoms with Gasteiger partial charge in [0, 0.05) is 26.3 Å². The minimum atomic E-state index is -4.62. The summed E-state index contributed by atoms with van der Waals surface area (Å²) >= 11 is 0. The summed E-state index contributed by atoms with van der Waals surface area (Å²) in [6, 6.07) is 0.920. The first-order chi connectivity index (χ1) is 13.3. The van der Waals surface area contributed by atoms with Crippen LogP contribution in [-0.4, -0.2) is 60.4 Å². The molecule has 1 amide bonds. The lowest BCUT2D eigenvalue weighted by Crippen LogP contribution is -2.52. The molecule has 0 aromatic carbocycles. The van der Waals surface area contributed by atoms with Crippen molar-refractivity contribution >= 4 is 18.8 Å². The highest BCUT2D eigenvalue weighted by molar-refractivity contribution is 6.60. The first-order valence-electron chi connectivity index (χ1n) is 9.37. The number of nitrogens with one attached hydrogen (secondary N) is 2. The van der Waals surface area contributed by atoms with Crippen LogP contribution in [0.2, 0.25) is 0 Å². The van der Waals surface area contributed by atoms with Gasteiger partial charge in [0.25, 0.3) is 0 Å². The summed E-state index contributed by atoms with van der Waals surface area (Å²) in [5.41, 5.74) is -2.56. The quantitative estimate of drug-likeness (QED) is 0.719. The van der Waals surface area contributed by atoms with Gasteiger partial charge in [0.05, 0.1) is 17.7 Å². The molecule has 12 heteroatoms. The zero-order valence-electron chi connectivity index (χ0n) is 17.4. The third-order valence-electron chi connectivity index (χ3n) is 3.82. The Hall–Kier alpha value is -1.79. The van der Waals surface area contributed by atoms with E-state index in [1.165, 1.54) is 4.68 Å². The molecular weight excluding hydrogens is 392 g/mol. The zero-order chi connectivity index (χ0) is 21.9. The summed E-state index contributed by atoms with van der Waals surface area (Å²) in [5, 5.41) is 9.44. The van der Waals surface area contributed by atoms with Gasteiger partial charge in [-0.2, -0.15) is 18.3 Å². The fraction of sp³-hybridized carbons (Fsp3) is 0.765. The molecule has 1 aromatic rings. The molecule has 0 bridgehead atoms.